The number of phenols is 1. The molecule has 1 aromatic heterocycles. The first-order valence-electron chi connectivity index (χ1n) is 5.91. The third kappa shape index (κ3) is 3.77. The van der Waals surface area contributed by atoms with Gasteiger partial charge < -0.3 is 10.4 Å². The number of benzene rings is 1. The summed E-state index contributed by atoms with van der Waals surface area (Å²) in [6, 6.07) is 6.91. The Labute approximate surface area is 110 Å². The van der Waals surface area contributed by atoms with Gasteiger partial charge in [0.2, 0.25) is 5.91 Å². The molecule has 1 amide bonds. The smallest absolute Gasteiger partial charge is 0.227 e. The number of amides is 1. The molecule has 0 saturated carbocycles. The lowest BCUT2D eigenvalue weighted by Gasteiger charge is -2.05. The second-order valence-corrected chi connectivity index (χ2v) is 4.16. The van der Waals surface area contributed by atoms with Gasteiger partial charge in [-0.3, -0.25) is 4.79 Å². The van der Waals surface area contributed by atoms with E-state index in [1.165, 1.54) is 4.68 Å². The highest BCUT2D eigenvalue weighted by atomic mass is 16.3. The molecule has 19 heavy (non-hydrogen) atoms. The number of nitrogens with one attached hydrogen (secondary N) is 1. The number of tetrazole rings is 1. The molecule has 2 aromatic rings. The molecule has 2 N–H and O–H groups in total. The summed E-state index contributed by atoms with van der Waals surface area (Å²) in [6.07, 6.45) is 0.877. The average molecular weight is 261 g/mol. The molecule has 0 radical (unpaired) electrons. The van der Waals surface area contributed by atoms with Crippen molar-refractivity contribution in [1.29, 1.82) is 0 Å². The van der Waals surface area contributed by atoms with Crippen LogP contribution < -0.4 is 5.32 Å². The normalized spacial score (nSPS) is 10.4. The summed E-state index contributed by atoms with van der Waals surface area (Å²) in [6.45, 7) is 0.537. The molecule has 0 atom stereocenters. The summed E-state index contributed by atoms with van der Waals surface area (Å²) in [5, 5.41) is 22.8. The van der Waals surface area contributed by atoms with Gasteiger partial charge in [-0.25, -0.2) is 4.68 Å². The van der Waals surface area contributed by atoms with Crippen LogP contribution in [0.2, 0.25) is 0 Å². The van der Waals surface area contributed by atoms with Crippen molar-refractivity contribution < 1.29 is 9.90 Å². The monoisotopic (exact) mass is 261 g/mol. The molecule has 1 heterocycles. The van der Waals surface area contributed by atoms with E-state index < -0.39 is 0 Å². The number of aromatic hydroxyl groups is 1. The van der Waals surface area contributed by atoms with E-state index in [4.69, 9.17) is 5.11 Å². The van der Waals surface area contributed by atoms with E-state index in [0.717, 1.165) is 5.56 Å². The highest BCUT2D eigenvalue weighted by Gasteiger charge is 2.08. The van der Waals surface area contributed by atoms with Crippen LogP contribution in [-0.4, -0.2) is 37.8 Å². The minimum absolute atomic E-state index is 0.114. The van der Waals surface area contributed by atoms with E-state index in [9.17, 15) is 4.79 Å². The maximum atomic E-state index is 11.6. The van der Waals surface area contributed by atoms with Gasteiger partial charge in [0.25, 0.3) is 0 Å². The third-order valence-electron chi connectivity index (χ3n) is 2.70. The number of rotatable bonds is 5. The van der Waals surface area contributed by atoms with Gasteiger partial charge in [-0.2, -0.15) is 0 Å². The van der Waals surface area contributed by atoms with Crippen LogP contribution in [0.15, 0.2) is 24.3 Å². The van der Waals surface area contributed by atoms with E-state index in [2.05, 4.69) is 20.8 Å². The number of hydrogen-bond donors (Lipinski definition) is 2. The summed E-state index contributed by atoms with van der Waals surface area (Å²) in [5.41, 5.74) is 1.05. The summed E-state index contributed by atoms with van der Waals surface area (Å²) < 4.78 is 1.47. The highest BCUT2D eigenvalue weighted by molar-refractivity contribution is 5.77. The van der Waals surface area contributed by atoms with Crippen LogP contribution in [0.25, 0.3) is 0 Å². The van der Waals surface area contributed by atoms with Gasteiger partial charge in [-0.05, 0) is 34.5 Å². The molecular formula is C12H15N5O2. The van der Waals surface area contributed by atoms with Crippen molar-refractivity contribution >= 4 is 5.91 Å². The predicted molar refractivity (Wildman–Crippen MR) is 67.3 cm³/mol. The fraction of sp³-hybridized carbons (Fsp3) is 0.333. The SMILES string of the molecule is Cn1nnnc1CC(=O)NCCc1ccc(O)cc1. The second-order valence-electron chi connectivity index (χ2n) is 4.16. The van der Waals surface area contributed by atoms with Gasteiger partial charge in [0, 0.05) is 13.6 Å². The van der Waals surface area contributed by atoms with Gasteiger partial charge in [0.05, 0.1) is 6.42 Å². The number of carbonyl (C=O) groups is 1. The Morgan fingerprint density at radius 3 is 2.74 bits per heavy atom. The van der Waals surface area contributed by atoms with Crippen LogP contribution in [0.4, 0.5) is 0 Å². The number of carbonyl (C=O) groups excluding carboxylic acids is 1. The summed E-state index contributed by atoms with van der Waals surface area (Å²) in [5.74, 6) is 0.654. The maximum Gasteiger partial charge on any atom is 0.227 e. The van der Waals surface area contributed by atoms with Gasteiger partial charge in [0.15, 0.2) is 5.82 Å². The van der Waals surface area contributed by atoms with E-state index in [0.29, 0.717) is 18.8 Å². The van der Waals surface area contributed by atoms with Crippen LogP contribution in [-0.2, 0) is 24.7 Å². The van der Waals surface area contributed by atoms with E-state index in [-0.39, 0.29) is 18.1 Å². The number of aryl methyl sites for hydroxylation is 1. The number of nitrogens with zero attached hydrogens (tertiary/aromatic N) is 4. The Morgan fingerprint density at radius 2 is 2.11 bits per heavy atom. The summed E-state index contributed by atoms with van der Waals surface area (Å²) >= 11 is 0. The minimum atomic E-state index is -0.114. The highest BCUT2D eigenvalue weighted by Crippen LogP contribution is 2.09. The van der Waals surface area contributed by atoms with Crippen molar-refractivity contribution in [3.63, 3.8) is 0 Å². The van der Waals surface area contributed by atoms with Crippen molar-refractivity contribution in [2.24, 2.45) is 7.05 Å². The van der Waals surface area contributed by atoms with Crippen LogP contribution in [0.1, 0.15) is 11.4 Å². The molecule has 0 aliphatic heterocycles. The molecule has 7 heteroatoms. The molecule has 0 bridgehead atoms. The Hall–Kier alpha value is -2.44. The van der Waals surface area contributed by atoms with E-state index >= 15 is 0 Å². The van der Waals surface area contributed by atoms with Crippen LogP contribution in [0, 0.1) is 0 Å². The lowest BCUT2D eigenvalue weighted by Crippen LogP contribution is -2.28. The topological polar surface area (TPSA) is 92.9 Å². The maximum absolute atomic E-state index is 11.6. The van der Waals surface area contributed by atoms with Crippen molar-refractivity contribution in [2.45, 2.75) is 12.8 Å². The van der Waals surface area contributed by atoms with Crippen molar-refractivity contribution in [3.05, 3.63) is 35.7 Å². The second kappa shape index (κ2) is 5.94. The minimum Gasteiger partial charge on any atom is -0.508 e. The van der Waals surface area contributed by atoms with Crippen molar-refractivity contribution in [3.8, 4) is 5.75 Å². The van der Waals surface area contributed by atoms with Crippen molar-refractivity contribution in [1.82, 2.24) is 25.5 Å². The Balaban J connectivity index is 1.75. The summed E-state index contributed by atoms with van der Waals surface area (Å²) in [7, 11) is 1.69. The first-order chi connectivity index (χ1) is 9.15. The fourth-order valence-corrected chi connectivity index (χ4v) is 1.61. The molecule has 0 spiro atoms. The quantitative estimate of drug-likeness (QED) is 0.778. The predicted octanol–water partition coefficient (Wildman–Crippen LogP) is -0.183. The lowest BCUT2D eigenvalue weighted by atomic mass is 10.1. The van der Waals surface area contributed by atoms with E-state index in [1.54, 1.807) is 19.2 Å². The fourth-order valence-electron chi connectivity index (χ4n) is 1.61. The molecule has 100 valence electrons. The Morgan fingerprint density at radius 1 is 1.37 bits per heavy atom. The zero-order valence-electron chi connectivity index (χ0n) is 10.6. The number of hydrogen-bond acceptors (Lipinski definition) is 5. The average Bonchev–Trinajstić information content (AvgIpc) is 2.78. The molecular weight excluding hydrogens is 246 g/mol. The standard InChI is InChI=1S/C12H15N5O2/c1-17-11(14-15-16-17)8-12(19)13-7-6-9-2-4-10(18)5-3-9/h2-5,18H,6-8H2,1H3,(H,13,19). The molecule has 7 nitrogen and oxygen atoms in total. The molecule has 0 fully saturated rings. The van der Waals surface area contributed by atoms with E-state index in [1.807, 2.05) is 12.1 Å². The van der Waals surface area contributed by atoms with Crippen molar-refractivity contribution in [2.75, 3.05) is 6.54 Å². The van der Waals surface area contributed by atoms with Gasteiger partial charge in [0.1, 0.15) is 5.75 Å². The molecule has 0 aliphatic rings. The Kier molecular flexibility index (Phi) is 4.07. The first kappa shape index (κ1) is 13.0. The lowest BCUT2D eigenvalue weighted by molar-refractivity contribution is -0.120. The Bertz CT molecular complexity index is 550. The van der Waals surface area contributed by atoms with Crippen LogP contribution >= 0.6 is 0 Å². The van der Waals surface area contributed by atoms with Crippen LogP contribution in [0.3, 0.4) is 0 Å². The molecule has 1 aromatic carbocycles. The van der Waals surface area contributed by atoms with Crippen LogP contribution in [0.5, 0.6) is 5.75 Å². The molecule has 0 saturated heterocycles. The van der Waals surface area contributed by atoms with Gasteiger partial charge in [-0.15, -0.1) is 5.10 Å². The number of phenolic OH excluding ortho intramolecular Hbond substituents is 1. The number of aromatic nitrogens is 4. The van der Waals surface area contributed by atoms with Gasteiger partial charge in [-0.1, -0.05) is 12.1 Å². The molecule has 2 rings (SSSR count). The summed E-state index contributed by atoms with van der Waals surface area (Å²) in [4.78, 5) is 11.6. The molecule has 0 unspecified atom stereocenters. The third-order valence-corrected chi connectivity index (χ3v) is 2.70. The molecule has 0 aliphatic carbocycles. The zero-order chi connectivity index (χ0) is 13.7. The largest absolute Gasteiger partial charge is 0.508 e. The first-order valence-corrected chi connectivity index (χ1v) is 5.91. The van der Waals surface area contributed by atoms with Gasteiger partial charge >= 0.3 is 0 Å². The zero-order valence-corrected chi connectivity index (χ0v) is 10.6.